The van der Waals surface area contributed by atoms with Gasteiger partial charge in [0.05, 0.1) is 0 Å². The highest BCUT2D eigenvalue weighted by Gasteiger charge is 2.15. The molecule has 0 saturated heterocycles. The molecule has 0 amide bonds. The van der Waals surface area contributed by atoms with E-state index in [1.807, 2.05) is 0 Å². The van der Waals surface area contributed by atoms with E-state index in [0.29, 0.717) is 5.69 Å². The summed E-state index contributed by atoms with van der Waals surface area (Å²) in [6.07, 6.45) is 1.54. The van der Waals surface area contributed by atoms with Crippen molar-refractivity contribution in [1.29, 1.82) is 0 Å². The normalized spacial score (nSPS) is 10.2. The zero-order valence-electron chi connectivity index (χ0n) is 8.97. The number of pyridine rings is 1. The van der Waals surface area contributed by atoms with Gasteiger partial charge in [-0.15, -0.1) is 0 Å². The third kappa shape index (κ3) is 2.05. The Hall–Kier alpha value is -2.50. The van der Waals surface area contributed by atoms with Crippen LogP contribution in [0.5, 0.6) is 5.75 Å². The van der Waals surface area contributed by atoms with Gasteiger partial charge in [0.1, 0.15) is 5.69 Å². The van der Waals surface area contributed by atoms with Gasteiger partial charge in [0, 0.05) is 13.1 Å². The van der Waals surface area contributed by atoms with Crippen molar-refractivity contribution in [3.8, 4) is 17.3 Å². The molecule has 0 fully saturated rings. The maximum atomic E-state index is 11.4. The van der Waals surface area contributed by atoms with Gasteiger partial charge >= 0.3 is 0 Å². The Labute approximate surface area is 96.0 Å². The molecular weight excluding hydrogens is 222 g/mol. The quantitative estimate of drug-likeness (QED) is 0.743. The SMILES string of the molecule is CC(=O)c1nc(-c2ccccn2)[nH]c(=O)c1O. The fourth-order valence-corrected chi connectivity index (χ4v) is 1.34. The molecule has 2 heterocycles. The highest BCUT2D eigenvalue weighted by atomic mass is 16.3. The monoisotopic (exact) mass is 231 g/mol. The van der Waals surface area contributed by atoms with Crippen LogP contribution in [-0.2, 0) is 0 Å². The van der Waals surface area contributed by atoms with Gasteiger partial charge in [0.15, 0.2) is 17.3 Å². The van der Waals surface area contributed by atoms with Crippen LogP contribution in [0.2, 0.25) is 0 Å². The summed E-state index contributed by atoms with van der Waals surface area (Å²) in [6.45, 7) is 1.23. The topological polar surface area (TPSA) is 95.9 Å². The van der Waals surface area contributed by atoms with Crippen LogP contribution in [0.15, 0.2) is 29.2 Å². The molecule has 0 aromatic carbocycles. The summed E-state index contributed by atoms with van der Waals surface area (Å²) in [5.41, 5.74) is -0.590. The molecule has 86 valence electrons. The van der Waals surface area contributed by atoms with Crippen LogP contribution < -0.4 is 5.56 Å². The lowest BCUT2D eigenvalue weighted by atomic mass is 10.2. The third-order valence-corrected chi connectivity index (χ3v) is 2.14. The summed E-state index contributed by atoms with van der Waals surface area (Å²) in [6, 6.07) is 5.08. The second kappa shape index (κ2) is 4.17. The van der Waals surface area contributed by atoms with E-state index in [0.717, 1.165) is 0 Å². The van der Waals surface area contributed by atoms with Gasteiger partial charge in [-0.25, -0.2) is 4.98 Å². The van der Waals surface area contributed by atoms with Crippen molar-refractivity contribution in [2.45, 2.75) is 6.92 Å². The van der Waals surface area contributed by atoms with Gasteiger partial charge in [-0.05, 0) is 12.1 Å². The van der Waals surface area contributed by atoms with Crippen LogP contribution in [0.4, 0.5) is 0 Å². The Morgan fingerprint density at radius 1 is 1.41 bits per heavy atom. The average molecular weight is 231 g/mol. The van der Waals surface area contributed by atoms with Gasteiger partial charge in [0.2, 0.25) is 5.75 Å². The number of carbonyl (C=O) groups excluding carboxylic acids is 1. The van der Waals surface area contributed by atoms with Crippen molar-refractivity contribution in [2.75, 3.05) is 0 Å². The molecule has 0 atom stereocenters. The summed E-state index contributed by atoms with van der Waals surface area (Å²) in [5.74, 6) is -0.999. The first-order chi connectivity index (χ1) is 8.09. The second-order valence-electron chi connectivity index (χ2n) is 3.38. The molecule has 2 aromatic heterocycles. The number of aromatic amines is 1. The van der Waals surface area contributed by atoms with Gasteiger partial charge in [-0.3, -0.25) is 14.6 Å². The molecule has 0 bridgehead atoms. The zero-order valence-corrected chi connectivity index (χ0v) is 8.97. The molecule has 6 nitrogen and oxygen atoms in total. The van der Waals surface area contributed by atoms with Crippen molar-refractivity contribution in [1.82, 2.24) is 15.0 Å². The van der Waals surface area contributed by atoms with Gasteiger partial charge in [-0.2, -0.15) is 0 Å². The average Bonchev–Trinajstić information content (AvgIpc) is 2.33. The van der Waals surface area contributed by atoms with Crippen LogP contribution in [0.3, 0.4) is 0 Å². The minimum Gasteiger partial charge on any atom is -0.501 e. The van der Waals surface area contributed by atoms with Crippen molar-refractivity contribution in [3.05, 3.63) is 40.4 Å². The Balaban J connectivity index is 2.66. The molecule has 2 N–H and O–H groups in total. The van der Waals surface area contributed by atoms with E-state index in [4.69, 9.17) is 0 Å². The zero-order chi connectivity index (χ0) is 12.4. The minimum absolute atomic E-state index is 0.151. The molecule has 0 aliphatic heterocycles. The highest BCUT2D eigenvalue weighted by Crippen LogP contribution is 2.14. The van der Waals surface area contributed by atoms with E-state index in [1.165, 1.54) is 13.1 Å². The number of rotatable bonds is 2. The predicted octanol–water partition coefficient (Wildman–Crippen LogP) is 0.740. The molecule has 0 spiro atoms. The standard InChI is InChI=1S/C11H9N3O3/c1-6(15)8-9(16)11(17)14-10(13-8)7-4-2-3-5-12-7/h2-5,16H,1H3,(H,13,14,17). The van der Waals surface area contributed by atoms with Crippen LogP contribution in [0, 0.1) is 0 Å². The summed E-state index contributed by atoms with van der Waals surface area (Å²) in [4.78, 5) is 32.9. The Morgan fingerprint density at radius 3 is 2.76 bits per heavy atom. The molecule has 0 aliphatic carbocycles. The van der Waals surface area contributed by atoms with E-state index in [9.17, 15) is 14.7 Å². The number of nitrogens with zero attached hydrogens (tertiary/aromatic N) is 2. The number of aromatic nitrogens is 3. The van der Waals surface area contributed by atoms with Crippen molar-refractivity contribution < 1.29 is 9.90 Å². The Bertz CT molecular complexity index is 620. The van der Waals surface area contributed by atoms with Crippen LogP contribution in [0.1, 0.15) is 17.4 Å². The number of hydrogen-bond acceptors (Lipinski definition) is 5. The van der Waals surface area contributed by atoms with E-state index in [1.54, 1.807) is 18.2 Å². The Kier molecular flexibility index (Phi) is 2.70. The minimum atomic E-state index is -0.758. The number of ketones is 1. The maximum Gasteiger partial charge on any atom is 0.294 e. The molecule has 0 unspecified atom stereocenters. The fraction of sp³-hybridized carbons (Fsp3) is 0.0909. The van der Waals surface area contributed by atoms with Crippen molar-refractivity contribution >= 4 is 5.78 Å². The first-order valence-electron chi connectivity index (χ1n) is 4.85. The number of aromatic hydroxyl groups is 1. The first-order valence-corrected chi connectivity index (χ1v) is 4.85. The summed E-state index contributed by atoms with van der Waals surface area (Å²) in [5, 5.41) is 9.39. The van der Waals surface area contributed by atoms with Crippen LogP contribution in [0.25, 0.3) is 11.5 Å². The highest BCUT2D eigenvalue weighted by molar-refractivity contribution is 5.94. The lowest BCUT2D eigenvalue weighted by Crippen LogP contribution is -2.14. The lowest BCUT2D eigenvalue weighted by Gasteiger charge is -2.03. The largest absolute Gasteiger partial charge is 0.501 e. The first kappa shape index (κ1) is 11.0. The summed E-state index contributed by atoms with van der Waals surface area (Å²) >= 11 is 0. The maximum absolute atomic E-state index is 11.4. The van der Waals surface area contributed by atoms with Gasteiger partial charge in [-0.1, -0.05) is 6.07 Å². The Morgan fingerprint density at radius 2 is 2.18 bits per heavy atom. The molecule has 2 rings (SSSR count). The van der Waals surface area contributed by atoms with Gasteiger partial charge < -0.3 is 10.1 Å². The molecular formula is C11H9N3O3. The van der Waals surface area contributed by atoms with Crippen molar-refractivity contribution in [3.63, 3.8) is 0 Å². The molecule has 6 heteroatoms. The second-order valence-corrected chi connectivity index (χ2v) is 3.38. The van der Waals surface area contributed by atoms with Gasteiger partial charge in [0.25, 0.3) is 5.56 Å². The lowest BCUT2D eigenvalue weighted by molar-refractivity contribution is 0.101. The number of H-pyrrole nitrogens is 1. The molecule has 17 heavy (non-hydrogen) atoms. The summed E-state index contributed by atoms with van der Waals surface area (Å²) in [7, 11) is 0. The van der Waals surface area contributed by atoms with Crippen LogP contribution in [-0.4, -0.2) is 25.8 Å². The smallest absolute Gasteiger partial charge is 0.294 e. The number of hydrogen-bond donors (Lipinski definition) is 2. The third-order valence-electron chi connectivity index (χ3n) is 2.14. The predicted molar refractivity (Wildman–Crippen MR) is 59.8 cm³/mol. The molecule has 0 saturated carbocycles. The molecule has 0 aliphatic rings. The van der Waals surface area contributed by atoms with E-state index in [-0.39, 0.29) is 11.5 Å². The van der Waals surface area contributed by atoms with E-state index < -0.39 is 17.1 Å². The molecule has 0 radical (unpaired) electrons. The number of carbonyl (C=O) groups is 1. The van der Waals surface area contributed by atoms with E-state index in [2.05, 4.69) is 15.0 Å². The number of nitrogens with one attached hydrogen (secondary N) is 1. The van der Waals surface area contributed by atoms with Crippen LogP contribution >= 0.6 is 0 Å². The van der Waals surface area contributed by atoms with Crippen molar-refractivity contribution in [2.24, 2.45) is 0 Å². The number of Topliss-reactive ketones (excluding diaryl/α,β-unsaturated/α-hetero) is 1. The van der Waals surface area contributed by atoms with E-state index >= 15 is 0 Å². The summed E-state index contributed by atoms with van der Waals surface area (Å²) < 4.78 is 0. The fourth-order valence-electron chi connectivity index (χ4n) is 1.34. The molecule has 2 aromatic rings.